The summed E-state index contributed by atoms with van der Waals surface area (Å²) in [5, 5.41) is 0. The predicted octanol–water partition coefficient (Wildman–Crippen LogP) is 4.87. The molecule has 0 aromatic heterocycles. The second-order valence-corrected chi connectivity index (χ2v) is 8.93. The number of ether oxygens (including phenoxy) is 1. The Bertz CT molecular complexity index is 647. The highest BCUT2D eigenvalue weighted by atomic mass is 32.2. The third-order valence-electron chi connectivity index (χ3n) is 5.03. The number of unbranched alkanes of at least 4 members (excludes halogenated alkanes) is 2. The van der Waals surface area contributed by atoms with Gasteiger partial charge in [-0.3, -0.25) is 0 Å². The molecule has 1 aliphatic rings. The molecule has 142 valence electrons. The minimum Gasteiger partial charge on any atom is -0.492 e. The summed E-state index contributed by atoms with van der Waals surface area (Å²) in [6, 6.07) is 3.66. The van der Waals surface area contributed by atoms with Crippen LogP contribution in [0.15, 0.2) is 17.0 Å². The van der Waals surface area contributed by atoms with E-state index in [-0.39, 0.29) is 10.9 Å². The van der Waals surface area contributed by atoms with Crippen LogP contribution in [0, 0.1) is 13.8 Å². The van der Waals surface area contributed by atoms with Crippen LogP contribution >= 0.6 is 0 Å². The molecule has 25 heavy (non-hydrogen) atoms. The highest BCUT2D eigenvalue weighted by Gasteiger charge is 2.25. The summed E-state index contributed by atoms with van der Waals surface area (Å²) in [4.78, 5) is 0.288. The summed E-state index contributed by atoms with van der Waals surface area (Å²) in [5.41, 5.74) is 2.03. The van der Waals surface area contributed by atoms with E-state index >= 15 is 0 Å². The second-order valence-electron chi connectivity index (χ2n) is 7.25. The van der Waals surface area contributed by atoms with Crippen molar-refractivity contribution in [2.24, 2.45) is 0 Å². The molecule has 0 spiro atoms. The lowest BCUT2D eigenvalue weighted by atomic mass is 10.1. The predicted molar refractivity (Wildman–Crippen MR) is 103 cm³/mol. The fourth-order valence-corrected chi connectivity index (χ4v) is 4.82. The van der Waals surface area contributed by atoms with Crippen LogP contribution in [0.3, 0.4) is 0 Å². The average Bonchev–Trinajstić information content (AvgIpc) is 2.82. The zero-order valence-corrected chi connectivity index (χ0v) is 16.8. The molecule has 0 aliphatic heterocycles. The Morgan fingerprint density at radius 3 is 2.32 bits per heavy atom. The maximum absolute atomic E-state index is 13.0. The van der Waals surface area contributed by atoms with Crippen molar-refractivity contribution in [3.8, 4) is 5.75 Å². The van der Waals surface area contributed by atoms with Crippen molar-refractivity contribution in [1.82, 2.24) is 4.72 Å². The first-order valence-corrected chi connectivity index (χ1v) is 11.2. The topological polar surface area (TPSA) is 55.4 Å². The van der Waals surface area contributed by atoms with Crippen LogP contribution in [0.2, 0.25) is 0 Å². The van der Waals surface area contributed by atoms with Crippen LogP contribution in [-0.4, -0.2) is 21.1 Å². The van der Waals surface area contributed by atoms with Crippen molar-refractivity contribution in [3.05, 3.63) is 23.3 Å². The van der Waals surface area contributed by atoms with Crippen LogP contribution in [0.5, 0.6) is 5.75 Å². The van der Waals surface area contributed by atoms with Crippen LogP contribution in [-0.2, 0) is 10.0 Å². The van der Waals surface area contributed by atoms with E-state index in [1.54, 1.807) is 6.07 Å². The van der Waals surface area contributed by atoms with Gasteiger partial charge in [0.15, 0.2) is 0 Å². The molecule has 0 radical (unpaired) electrons. The number of hydrogen-bond donors (Lipinski definition) is 1. The molecule has 2 rings (SSSR count). The smallest absolute Gasteiger partial charge is 0.244 e. The van der Waals surface area contributed by atoms with Crippen molar-refractivity contribution in [3.63, 3.8) is 0 Å². The van der Waals surface area contributed by atoms with Crippen molar-refractivity contribution >= 4 is 10.0 Å². The summed E-state index contributed by atoms with van der Waals surface area (Å²) >= 11 is 0. The third-order valence-corrected chi connectivity index (χ3v) is 6.57. The molecular formula is C20H33NO3S. The van der Waals surface area contributed by atoms with Crippen LogP contribution in [0.1, 0.15) is 75.8 Å². The Labute approximate surface area is 153 Å². The van der Waals surface area contributed by atoms with E-state index in [1.165, 1.54) is 12.8 Å². The molecule has 0 saturated heterocycles. The molecule has 1 saturated carbocycles. The summed E-state index contributed by atoms with van der Waals surface area (Å²) in [6.07, 6.45) is 9.60. The SMILES string of the molecule is CCCCCOc1cc(C)c(C)cc1S(=O)(=O)NC1CCCCCC1. The molecule has 0 unspecified atom stereocenters. The standard InChI is InChI=1S/C20H33NO3S/c1-4-5-10-13-24-19-14-16(2)17(3)15-20(19)25(22,23)21-18-11-8-6-7-9-12-18/h14-15,18,21H,4-13H2,1-3H3. The Morgan fingerprint density at radius 2 is 1.68 bits per heavy atom. The van der Waals surface area contributed by atoms with Gasteiger partial charge in [-0.05, 0) is 56.4 Å². The molecule has 1 N–H and O–H groups in total. The molecule has 0 atom stereocenters. The molecule has 1 fully saturated rings. The number of rotatable bonds is 8. The van der Waals surface area contributed by atoms with Crippen molar-refractivity contribution in [2.75, 3.05) is 6.61 Å². The van der Waals surface area contributed by atoms with Gasteiger partial charge in [-0.15, -0.1) is 0 Å². The molecule has 1 aliphatic carbocycles. The van der Waals surface area contributed by atoms with E-state index in [0.29, 0.717) is 12.4 Å². The first-order valence-electron chi connectivity index (χ1n) is 9.70. The normalized spacial score (nSPS) is 16.6. The first-order chi connectivity index (χ1) is 11.9. The molecular weight excluding hydrogens is 334 g/mol. The monoisotopic (exact) mass is 367 g/mol. The number of nitrogens with one attached hydrogen (secondary N) is 1. The maximum atomic E-state index is 13.0. The largest absolute Gasteiger partial charge is 0.492 e. The van der Waals surface area contributed by atoms with E-state index in [4.69, 9.17) is 4.74 Å². The van der Waals surface area contributed by atoms with Gasteiger partial charge in [-0.1, -0.05) is 45.4 Å². The first kappa shape index (κ1) is 20.2. The Hall–Kier alpha value is -1.07. The van der Waals surface area contributed by atoms with E-state index in [0.717, 1.165) is 56.1 Å². The molecule has 0 heterocycles. The maximum Gasteiger partial charge on any atom is 0.244 e. The van der Waals surface area contributed by atoms with E-state index in [1.807, 2.05) is 19.9 Å². The number of benzene rings is 1. The molecule has 0 amide bonds. The molecule has 1 aromatic carbocycles. The number of hydrogen-bond acceptors (Lipinski definition) is 3. The van der Waals surface area contributed by atoms with Gasteiger partial charge in [0.05, 0.1) is 6.61 Å². The second kappa shape index (κ2) is 9.58. The van der Waals surface area contributed by atoms with E-state index in [9.17, 15) is 8.42 Å². The lowest BCUT2D eigenvalue weighted by Crippen LogP contribution is -2.34. The molecule has 5 heteroatoms. The van der Waals surface area contributed by atoms with Gasteiger partial charge in [0.2, 0.25) is 10.0 Å². The quantitative estimate of drug-likeness (QED) is 0.526. The third kappa shape index (κ3) is 6.00. The van der Waals surface area contributed by atoms with Crippen molar-refractivity contribution in [2.45, 2.75) is 89.5 Å². The van der Waals surface area contributed by atoms with Crippen LogP contribution in [0.25, 0.3) is 0 Å². The fourth-order valence-electron chi connectivity index (χ4n) is 3.30. The van der Waals surface area contributed by atoms with Gasteiger partial charge in [0, 0.05) is 6.04 Å². The van der Waals surface area contributed by atoms with Gasteiger partial charge < -0.3 is 4.74 Å². The zero-order chi connectivity index (χ0) is 18.3. The number of sulfonamides is 1. The van der Waals surface area contributed by atoms with E-state index < -0.39 is 10.0 Å². The Morgan fingerprint density at radius 1 is 1.04 bits per heavy atom. The van der Waals surface area contributed by atoms with Gasteiger partial charge >= 0.3 is 0 Å². The highest BCUT2D eigenvalue weighted by Crippen LogP contribution is 2.29. The molecule has 0 bridgehead atoms. The van der Waals surface area contributed by atoms with Crippen molar-refractivity contribution in [1.29, 1.82) is 0 Å². The average molecular weight is 368 g/mol. The summed E-state index contributed by atoms with van der Waals surface area (Å²) in [6.45, 7) is 6.63. The van der Waals surface area contributed by atoms with Gasteiger partial charge in [-0.25, -0.2) is 13.1 Å². The highest BCUT2D eigenvalue weighted by molar-refractivity contribution is 7.89. The minimum atomic E-state index is -3.56. The lowest BCUT2D eigenvalue weighted by molar-refractivity contribution is 0.298. The van der Waals surface area contributed by atoms with Gasteiger partial charge in [0.1, 0.15) is 10.6 Å². The molecule has 4 nitrogen and oxygen atoms in total. The zero-order valence-electron chi connectivity index (χ0n) is 15.9. The minimum absolute atomic E-state index is 0.0436. The fraction of sp³-hybridized carbons (Fsp3) is 0.700. The van der Waals surface area contributed by atoms with Crippen molar-refractivity contribution < 1.29 is 13.2 Å². The number of aryl methyl sites for hydroxylation is 2. The van der Waals surface area contributed by atoms with Crippen LogP contribution in [0.4, 0.5) is 0 Å². The Kier molecular flexibility index (Phi) is 7.76. The summed E-state index contributed by atoms with van der Waals surface area (Å²) in [7, 11) is -3.56. The lowest BCUT2D eigenvalue weighted by Gasteiger charge is -2.19. The Balaban J connectivity index is 2.20. The van der Waals surface area contributed by atoms with Gasteiger partial charge in [0.25, 0.3) is 0 Å². The summed E-state index contributed by atoms with van der Waals surface area (Å²) < 4.78 is 34.8. The van der Waals surface area contributed by atoms with Gasteiger partial charge in [-0.2, -0.15) is 0 Å². The van der Waals surface area contributed by atoms with Crippen LogP contribution < -0.4 is 9.46 Å². The molecule has 1 aromatic rings. The van der Waals surface area contributed by atoms with E-state index in [2.05, 4.69) is 11.6 Å². The summed E-state index contributed by atoms with van der Waals surface area (Å²) in [5.74, 6) is 0.486.